The summed E-state index contributed by atoms with van der Waals surface area (Å²) in [6.07, 6.45) is 12.5. The van der Waals surface area contributed by atoms with E-state index in [4.69, 9.17) is 0 Å². The molecule has 4 aliphatic carbocycles. The van der Waals surface area contributed by atoms with E-state index < -0.39 is 11.5 Å². The van der Waals surface area contributed by atoms with Gasteiger partial charge in [-0.1, -0.05) is 0 Å². The Morgan fingerprint density at radius 1 is 1.25 bits per heavy atom. The highest BCUT2D eigenvalue weighted by Crippen LogP contribution is 2.65. The number of rotatable bonds is 3. The van der Waals surface area contributed by atoms with Crippen LogP contribution in [0.4, 0.5) is 0 Å². The van der Waals surface area contributed by atoms with Crippen molar-refractivity contribution in [3.05, 3.63) is 18.7 Å². The predicted molar refractivity (Wildman–Crippen MR) is 74.1 cm³/mol. The molecule has 4 heteroatoms. The average Bonchev–Trinajstić information content (AvgIpc) is 2.89. The molecule has 4 saturated carbocycles. The molecule has 108 valence electrons. The van der Waals surface area contributed by atoms with E-state index in [1.165, 1.54) is 19.3 Å². The Morgan fingerprint density at radius 3 is 2.20 bits per heavy atom. The molecular weight excluding hydrogens is 252 g/mol. The van der Waals surface area contributed by atoms with E-state index in [2.05, 4.69) is 4.98 Å². The monoisotopic (exact) mass is 274 g/mol. The SMILES string of the molecule is CC(C(=O)O)(n1ccnc1)C12CC3CC(CC(C3)C1)C2. The lowest BCUT2D eigenvalue weighted by molar-refractivity contribution is -0.172. The molecule has 1 atom stereocenters. The molecule has 4 fully saturated rings. The molecule has 4 bridgehead atoms. The van der Waals surface area contributed by atoms with Crippen molar-refractivity contribution in [3.8, 4) is 0 Å². The van der Waals surface area contributed by atoms with Gasteiger partial charge < -0.3 is 9.67 Å². The van der Waals surface area contributed by atoms with Crippen molar-refractivity contribution < 1.29 is 9.90 Å². The molecular formula is C16H22N2O2. The maximum atomic E-state index is 12.2. The minimum atomic E-state index is -0.848. The first kappa shape index (κ1) is 12.4. The zero-order chi connectivity index (χ0) is 14.0. The number of aliphatic carboxylic acids is 1. The molecule has 20 heavy (non-hydrogen) atoms. The summed E-state index contributed by atoms with van der Waals surface area (Å²) in [7, 11) is 0. The van der Waals surface area contributed by atoms with Gasteiger partial charge >= 0.3 is 5.97 Å². The fraction of sp³-hybridized carbons (Fsp3) is 0.750. The van der Waals surface area contributed by atoms with Gasteiger partial charge in [-0.15, -0.1) is 0 Å². The first-order valence-corrected chi connectivity index (χ1v) is 7.75. The van der Waals surface area contributed by atoms with Crippen LogP contribution in [0.15, 0.2) is 18.7 Å². The molecule has 0 aliphatic heterocycles. The summed E-state index contributed by atoms with van der Waals surface area (Å²) < 4.78 is 1.85. The lowest BCUT2D eigenvalue weighted by Crippen LogP contribution is -2.60. The van der Waals surface area contributed by atoms with Gasteiger partial charge in [0.05, 0.1) is 6.33 Å². The van der Waals surface area contributed by atoms with Crippen molar-refractivity contribution in [2.24, 2.45) is 23.2 Å². The fourth-order valence-electron chi connectivity index (χ4n) is 5.84. The second-order valence-electron chi connectivity index (χ2n) is 7.55. The molecule has 0 amide bonds. The minimum Gasteiger partial charge on any atom is -0.479 e. The molecule has 0 radical (unpaired) electrons. The average molecular weight is 274 g/mol. The van der Waals surface area contributed by atoms with Crippen LogP contribution in [0.25, 0.3) is 0 Å². The number of carbonyl (C=O) groups is 1. The van der Waals surface area contributed by atoms with Crippen LogP contribution in [0.5, 0.6) is 0 Å². The van der Waals surface area contributed by atoms with Gasteiger partial charge in [0.15, 0.2) is 0 Å². The second kappa shape index (κ2) is 3.86. The summed E-state index contributed by atoms with van der Waals surface area (Å²) in [4.78, 5) is 16.3. The molecule has 4 aliphatic rings. The van der Waals surface area contributed by atoms with Gasteiger partial charge in [0.2, 0.25) is 0 Å². The van der Waals surface area contributed by atoms with Crippen LogP contribution in [-0.2, 0) is 10.3 Å². The van der Waals surface area contributed by atoms with Crippen LogP contribution in [0.1, 0.15) is 45.4 Å². The van der Waals surface area contributed by atoms with Crippen LogP contribution < -0.4 is 0 Å². The van der Waals surface area contributed by atoms with Gasteiger partial charge in [0.1, 0.15) is 5.54 Å². The molecule has 4 nitrogen and oxygen atoms in total. The summed E-state index contributed by atoms with van der Waals surface area (Å²) in [6.45, 7) is 1.92. The van der Waals surface area contributed by atoms with Crippen molar-refractivity contribution in [2.45, 2.75) is 51.0 Å². The molecule has 0 saturated heterocycles. The van der Waals surface area contributed by atoms with Crippen molar-refractivity contribution in [3.63, 3.8) is 0 Å². The minimum absolute atomic E-state index is 0.0751. The molecule has 0 aromatic carbocycles. The normalized spacial score (nSPS) is 41.5. The Balaban J connectivity index is 1.83. The van der Waals surface area contributed by atoms with E-state index in [0.717, 1.165) is 37.0 Å². The van der Waals surface area contributed by atoms with Crippen LogP contribution >= 0.6 is 0 Å². The van der Waals surface area contributed by atoms with E-state index in [1.807, 2.05) is 17.7 Å². The number of hydrogen-bond acceptors (Lipinski definition) is 2. The van der Waals surface area contributed by atoms with Gasteiger partial charge in [-0.2, -0.15) is 0 Å². The summed E-state index contributed by atoms with van der Waals surface area (Å²) >= 11 is 0. The largest absolute Gasteiger partial charge is 0.479 e. The summed E-state index contributed by atoms with van der Waals surface area (Å²) in [5, 5.41) is 10.0. The Morgan fingerprint density at radius 2 is 1.80 bits per heavy atom. The predicted octanol–water partition coefficient (Wildman–Crippen LogP) is 2.90. The number of carboxylic acids is 1. The van der Waals surface area contributed by atoms with Crippen LogP contribution in [0.3, 0.4) is 0 Å². The number of hydrogen-bond donors (Lipinski definition) is 1. The summed E-state index contributed by atoms with van der Waals surface area (Å²) in [5.41, 5.74) is -0.923. The Kier molecular flexibility index (Phi) is 2.40. The molecule has 1 N–H and O–H groups in total. The first-order chi connectivity index (χ1) is 9.53. The highest BCUT2D eigenvalue weighted by Gasteiger charge is 2.62. The molecule has 1 heterocycles. The highest BCUT2D eigenvalue weighted by molar-refractivity contribution is 5.77. The molecule has 1 aromatic rings. The van der Waals surface area contributed by atoms with Crippen LogP contribution in [0.2, 0.25) is 0 Å². The van der Waals surface area contributed by atoms with Crippen molar-refractivity contribution in [1.29, 1.82) is 0 Å². The standard InChI is InChI=1S/C16H22N2O2/c1-15(14(19)20,18-3-2-17-10-18)16-7-11-4-12(8-16)6-13(5-11)9-16/h2-3,10-13H,4-9H2,1H3,(H,19,20). The first-order valence-electron chi connectivity index (χ1n) is 7.75. The van der Waals surface area contributed by atoms with Gasteiger partial charge in [0, 0.05) is 17.8 Å². The molecule has 5 rings (SSSR count). The van der Waals surface area contributed by atoms with Crippen LogP contribution in [-0.4, -0.2) is 20.6 Å². The van der Waals surface area contributed by atoms with E-state index in [0.29, 0.717) is 0 Å². The van der Waals surface area contributed by atoms with Crippen molar-refractivity contribution in [2.75, 3.05) is 0 Å². The Bertz CT molecular complexity index is 501. The van der Waals surface area contributed by atoms with Crippen LogP contribution in [0, 0.1) is 23.2 Å². The summed E-state index contributed by atoms with van der Waals surface area (Å²) in [5.74, 6) is 1.56. The van der Waals surface area contributed by atoms with Crippen molar-refractivity contribution in [1.82, 2.24) is 9.55 Å². The third-order valence-electron chi connectivity index (χ3n) is 6.51. The molecule has 0 spiro atoms. The lowest BCUT2D eigenvalue weighted by atomic mass is 9.44. The van der Waals surface area contributed by atoms with E-state index >= 15 is 0 Å². The summed E-state index contributed by atoms with van der Waals surface area (Å²) in [6, 6.07) is 0. The number of aromatic nitrogens is 2. The maximum Gasteiger partial charge on any atom is 0.330 e. The lowest BCUT2D eigenvalue weighted by Gasteiger charge is -2.61. The van der Waals surface area contributed by atoms with E-state index in [-0.39, 0.29) is 5.41 Å². The zero-order valence-corrected chi connectivity index (χ0v) is 12.0. The van der Waals surface area contributed by atoms with Gasteiger partial charge in [-0.3, -0.25) is 0 Å². The Labute approximate surface area is 119 Å². The molecule has 1 aromatic heterocycles. The van der Waals surface area contributed by atoms with E-state index in [9.17, 15) is 9.90 Å². The zero-order valence-electron chi connectivity index (χ0n) is 12.0. The number of imidazole rings is 1. The van der Waals surface area contributed by atoms with E-state index in [1.54, 1.807) is 12.5 Å². The second-order valence-corrected chi connectivity index (χ2v) is 7.55. The topological polar surface area (TPSA) is 55.1 Å². The maximum absolute atomic E-state index is 12.2. The highest BCUT2D eigenvalue weighted by atomic mass is 16.4. The number of nitrogens with zero attached hydrogens (tertiary/aromatic N) is 2. The van der Waals surface area contributed by atoms with Crippen molar-refractivity contribution >= 4 is 5.97 Å². The third-order valence-corrected chi connectivity index (χ3v) is 6.51. The Hall–Kier alpha value is -1.32. The number of carboxylic acid groups (broad SMARTS) is 1. The fourth-order valence-corrected chi connectivity index (χ4v) is 5.84. The van der Waals surface area contributed by atoms with Gasteiger partial charge in [-0.05, 0) is 63.2 Å². The van der Waals surface area contributed by atoms with Gasteiger partial charge in [0.25, 0.3) is 0 Å². The quantitative estimate of drug-likeness (QED) is 0.922. The van der Waals surface area contributed by atoms with Gasteiger partial charge in [-0.25, -0.2) is 9.78 Å². The molecule has 1 unspecified atom stereocenters. The smallest absolute Gasteiger partial charge is 0.330 e. The third kappa shape index (κ3) is 1.42.